The van der Waals surface area contributed by atoms with Crippen molar-refractivity contribution in [3.8, 4) is 5.88 Å². The zero-order valence-electron chi connectivity index (χ0n) is 6.04. The molecule has 0 aromatic carbocycles. The van der Waals surface area contributed by atoms with Crippen molar-refractivity contribution in [2.75, 3.05) is 0 Å². The molecule has 0 amide bonds. The number of aromatic amines is 1. The van der Waals surface area contributed by atoms with Gasteiger partial charge in [0.2, 0.25) is 0 Å². The maximum atomic E-state index is 11.7. The van der Waals surface area contributed by atoms with Crippen LogP contribution in [0.4, 0.5) is 13.2 Å². The molecule has 0 atom stereocenters. The molecule has 0 aliphatic carbocycles. The van der Waals surface area contributed by atoms with Gasteiger partial charge in [-0.15, -0.1) is 0 Å². The van der Waals surface area contributed by atoms with Gasteiger partial charge in [-0.25, -0.2) is 0 Å². The molecule has 0 saturated carbocycles. The first-order valence-electron chi connectivity index (χ1n) is 2.70. The normalized spacial score (nSPS) is 11.9. The molecule has 11 heteroatoms. The predicted molar refractivity (Wildman–Crippen MR) is 32.0 cm³/mol. The summed E-state index contributed by atoms with van der Waals surface area (Å²) in [6.07, 6.45) is 0.767. The Morgan fingerprint density at radius 2 is 2.00 bits per heavy atom. The Morgan fingerprint density at radius 3 is 2.36 bits per heavy atom. The van der Waals surface area contributed by atoms with E-state index < -0.39 is 21.5 Å². The Balaban J connectivity index is 0.00000169. The van der Waals surface area contributed by atoms with Crippen LogP contribution in [0, 0.1) is 0 Å². The molecule has 0 spiro atoms. The van der Waals surface area contributed by atoms with Crippen molar-refractivity contribution >= 4 is 10.1 Å². The number of halogens is 3. The van der Waals surface area contributed by atoms with Crippen molar-refractivity contribution in [3.05, 3.63) is 6.20 Å². The Morgan fingerprint density at radius 1 is 1.43 bits per heavy atom. The number of nitrogens with one attached hydrogen (secondary N) is 1. The number of alkyl halides is 3. The van der Waals surface area contributed by atoms with Crippen LogP contribution in [-0.2, 0) is 27.2 Å². The second kappa shape index (κ2) is 4.15. The van der Waals surface area contributed by atoms with Crippen LogP contribution in [0.2, 0.25) is 0 Å². The molecule has 0 aliphatic rings. The largest absolute Gasteiger partial charge is 0.534 e. The number of aromatic nitrogens is 3. The Bertz CT molecular complexity index is 374. The summed E-state index contributed by atoms with van der Waals surface area (Å²) in [6, 6.07) is 0. The molecule has 1 N–H and O–H groups in total. The number of H-pyrrole nitrogens is 1. The number of hydrogen-bond acceptors (Lipinski definition) is 5. The smallest absolute Gasteiger partial charge is 0.352 e. The van der Waals surface area contributed by atoms with Crippen molar-refractivity contribution in [2.45, 2.75) is 5.51 Å². The van der Waals surface area contributed by atoms with Crippen molar-refractivity contribution < 1.29 is 42.8 Å². The SMILES string of the molecule is O=S(=O)(Oc1c[nH]nn1)C(F)(F)F.[Cu]. The van der Waals surface area contributed by atoms with Crippen LogP contribution in [0.1, 0.15) is 0 Å². The summed E-state index contributed by atoms with van der Waals surface area (Å²) in [6.45, 7) is 0. The second-order valence-corrected chi connectivity index (χ2v) is 3.33. The molecular weight excluding hydrogens is 279 g/mol. The van der Waals surface area contributed by atoms with Crippen molar-refractivity contribution in [2.24, 2.45) is 0 Å². The Hall–Kier alpha value is -0.801. The Labute approximate surface area is 86.4 Å². The maximum absolute atomic E-state index is 11.7. The molecule has 1 radical (unpaired) electrons. The van der Waals surface area contributed by atoms with Crippen LogP contribution in [-0.4, -0.2) is 29.3 Å². The van der Waals surface area contributed by atoms with Crippen LogP contribution >= 0.6 is 0 Å². The van der Waals surface area contributed by atoms with Crippen LogP contribution in [0.3, 0.4) is 0 Å². The molecule has 0 saturated heterocycles. The van der Waals surface area contributed by atoms with Gasteiger partial charge in [-0.3, -0.25) is 5.10 Å². The van der Waals surface area contributed by atoms with Crippen LogP contribution in [0.15, 0.2) is 6.20 Å². The van der Waals surface area contributed by atoms with E-state index in [4.69, 9.17) is 0 Å². The van der Waals surface area contributed by atoms with Gasteiger partial charge in [-0.1, -0.05) is 10.3 Å². The van der Waals surface area contributed by atoms with Gasteiger partial charge in [0.15, 0.2) is 0 Å². The summed E-state index contributed by atoms with van der Waals surface area (Å²) in [5.74, 6) is -0.766. The molecule has 0 aliphatic heterocycles. The van der Waals surface area contributed by atoms with E-state index in [-0.39, 0.29) is 17.1 Å². The van der Waals surface area contributed by atoms with Gasteiger partial charge in [0.25, 0.3) is 5.88 Å². The number of hydrogen-bond donors (Lipinski definition) is 1. The van der Waals surface area contributed by atoms with Gasteiger partial charge in [0, 0.05) is 17.1 Å². The van der Waals surface area contributed by atoms with E-state index in [1.807, 2.05) is 5.10 Å². The van der Waals surface area contributed by atoms with E-state index in [0.29, 0.717) is 0 Å². The van der Waals surface area contributed by atoms with Crippen molar-refractivity contribution in [1.29, 1.82) is 0 Å². The minimum absolute atomic E-state index is 0. The van der Waals surface area contributed by atoms with Crippen LogP contribution < -0.4 is 4.18 Å². The number of rotatable bonds is 2. The van der Waals surface area contributed by atoms with Gasteiger partial charge in [0.1, 0.15) is 0 Å². The topological polar surface area (TPSA) is 84.9 Å². The first-order chi connectivity index (χ1) is 5.83. The summed E-state index contributed by atoms with van der Waals surface area (Å²) < 4.78 is 59.1. The monoisotopic (exact) mass is 280 g/mol. The third kappa shape index (κ3) is 2.86. The van der Waals surface area contributed by atoms with Crippen molar-refractivity contribution in [3.63, 3.8) is 0 Å². The van der Waals surface area contributed by atoms with E-state index in [0.717, 1.165) is 6.20 Å². The minimum atomic E-state index is -5.64. The molecule has 1 rings (SSSR count). The zero-order valence-corrected chi connectivity index (χ0v) is 7.80. The van der Waals surface area contributed by atoms with Gasteiger partial charge in [0.05, 0.1) is 6.20 Å². The number of nitrogens with zero attached hydrogens (tertiary/aromatic N) is 2. The van der Waals surface area contributed by atoms with Crippen LogP contribution in [0.25, 0.3) is 0 Å². The average Bonchev–Trinajstić information content (AvgIpc) is 2.35. The van der Waals surface area contributed by atoms with Gasteiger partial charge in [-0.05, 0) is 0 Å². The van der Waals surface area contributed by atoms with Gasteiger partial charge < -0.3 is 4.18 Å². The third-order valence-corrected chi connectivity index (χ3v) is 1.83. The maximum Gasteiger partial charge on any atom is 0.534 e. The minimum Gasteiger partial charge on any atom is -0.352 e. The molecule has 1 aromatic rings. The first-order valence-corrected chi connectivity index (χ1v) is 4.11. The standard InChI is InChI=1S/C3H2F3N3O3S.Cu/c4-3(5,6)13(10,11)12-2-1-7-9-8-2;/h1H,(H,7,8,9);. The second-order valence-electron chi connectivity index (χ2n) is 1.79. The van der Waals surface area contributed by atoms with E-state index >= 15 is 0 Å². The molecule has 14 heavy (non-hydrogen) atoms. The molecule has 1 aromatic heterocycles. The Kier molecular flexibility index (Phi) is 3.91. The van der Waals surface area contributed by atoms with Crippen LogP contribution in [0.5, 0.6) is 5.88 Å². The van der Waals surface area contributed by atoms with Gasteiger partial charge >= 0.3 is 15.6 Å². The fourth-order valence-corrected chi connectivity index (χ4v) is 0.792. The zero-order chi connectivity index (χ0) is 10.1. The first kappa shape index (κ1) is 13.2. The average molecular weight is 281 g/mol. The fraction of sp³-hybridized carbons (Fsp3) is 0.333. The molecule has 1 heterocycles. The van der Waals surface area contributed by atoms with E-state index in [2.05, 4.69) is 14.5 Å². The summed E-state index contributed by atoms with van der Waals surface area (Å²) in [4.78, 5) is 0. The summed E-state index contributed by atoms with van der Waals surface area (Å²) >= 11 is 0. The quantitative estimate of drug-likeness (QED) is 0.469. The van der Waals surface area contributed by atoms with E-state index in [9.17, 15) is 21.6 Å². The predicted octanol–water partition coefficient (Wildman–Crippen LogP) is 0.0306. The molecule has 0 fully saturated rings. The summed E-state index contributed by atoms with van der Waals surface area (Å²) in [5.41, 5.74) is -5.47. The molecule has 85 valence electrons. The van der Waals surface area contributed by atoms with E-state index in [1.165, 1.54) is 0 Å². The summed E-state index contributed by atoms with van der Waals surface area (Å²) in [5, 5.41) is 7.85. The molecule has 0 unspecified atom stereocenters. The molecule has 0 bridgehead atoms. The van der Waals surface area contributed by atoms with E-state index in [1.54, 1.807) is 0 Å². The fourth-order valence-electron chi connectivity index (χ4n) is 0.391. The molecule has 6 nitrogen and oxygen atoms in total. The van der Waals surface area contributed by atoms with Crippen molar-refractivity contribution in [1.82, 2.24) is 15.4 Å². The molecular formula is C3H2CuF3N3O3S. The summed E-state index contributed by atoms with van der Waals surface area (Å²) in [7, 11) is -5.64. The third-order valence-electron chi connectivity index (χ3n) is 0.873. The van der Waals surface area contributed by atoms with Gasteiger partial charge in [-0.2, -0.15) is 21.6 Å².